The maximum Gasteiger partial charge on any atom is 0.324 e. The van der Waals surface area contributed by atoms with E-state index in [4.69, 9.17) is 5.11 Å². The maximum absolute atomic E-state index is 12.5. The number of benzene rings is 1. The Kier molecular flexibility index (Phi) is 5.20. The van der Waals surface area contributed by atoms with E-state index in [1.807, 2.05) is 35.2 Å². The maximum atomic E-state index is 12.5. The molecule has 1 fully saturated rings. The first-order valence-electron chi connectivity index (χ1n) is 7.37. The minimum atomic E-state index is -0.764. The van der Waals surface area contributed by atoms with Crippen LogP contribution in [0.2, 0.25) is 0 Å². The number of aliphatic carboxylic acids is 1. The van der Waals surface area contributed by atoms with Crippen LogP contribution in [0.5, 0.6) is 0 Å². The predicted molar refractivity (Wildman–Crippen MR) is 81.4 cm³/mol. The van der Waals surface area contributed by atoms with Crippen LogP contribution >= 0.6 is 0 Å². The Morgan fingerprint density at radius 1 is 1.33 bits per heavy atom. The Morgan fingerprint density at radius 3 is 2.71 bits per heavy atom. The summed E-state index contributed by atoms with van der Waals surface area (Å²) < 4.78 is 0. The van der Waals surface area contributed by atoms with Crippen molar-refractivity contribution in [3.8, 4) is 0 Å². The molecule has 114 valence electrons. The fraction of sp³-hybridized carbons (Fsp3) is 0.500. The van der Waals surface area contributed by atoms with Crippen molar-refractivity contribution in [1.29, 1.82) is 0 Å². The highest BCUT2D eigenvalue weighted by Crippen LogP contribution is 2.23. The van der Waals surface area contributed by atoms with Gasteiger partial charge in [-0.25, -0.2) is 4.79 Å². The molecule has 0 spiro atoms. The van der Waals surface area contributed by atoms with Crippen LogP contribution in [0.1, 0.15) is 25.7 Å². The molecule has 0 saturated carbocycles. The lowest BCUT2D eigenvalue weighted by Gasteiger charge is -2.35. The van der Waals surface area contributed by atoms with Crippen molar-refractivity contribution < 1.29 is 14.7 Å². The molecule has 2 rings (SSSR count). The van der Waals surface area contributed by atoms with Gasteiger partial charge in [-0.3, -0.25) is 9.69 Å². The zero-order valence-electron chi connectivity index (χ0n) is 12.4. The molecule has 1 aromatic rings. The molecule has 1 saturated heterocycles. The second-order valence-electron chi connectivity index (χ2n) is 5.56. The number of carbonyl (C=O) groups is 2. The van der Waals surface area contributed by atoms with Crippen molar-refractivity contribution in [2.45, 2.75) is 25.7 Å². The second-order valence-corrected chi connectivity index (χ2v) is 5.56. The zero-order valence-corrected chi connectivity index (χ0v) is 12.4. The minimum absolute atomic E-state index is 0.0128. The minimum Gasteiger partial charge on any atom is -0.481 e. The average molecular weight is 290 g/mol. The average Bonchev–Trinajstić information content (AvgIpc) is 2.52. The van der Waals surface area contributed by atoms with E-state index in [2.05, 4.69) is 0 Å². The van der Waals surface area contributed by atoms with Gasteiger partial charge in [0, 0.05) is 32.2 Å². The van der Waals surface area contributed by atoms with Gasteiger partial charge in [-0.15, -0.1) is 0 Å². The third-order valence-electron chi connectivity index (χ3n) is 3.99. The fourth-order valence-electron chi connectivity index (χ4n) is 2.78. The molecular formula is C16H22N2O3. The van der Waals surface area contributed by atoms with Crippen LogP contribution in [0, 0.1) is 5.92 Å². The van der Waals surface area contributed by atoms with Crippen molar-refractivity contribution in [3.63, 3.8) is 0 Å². The van der Waals surface area contributed by atoms with Crippen LogP contribution in [-0.4, -0.2) is 42.1 Å². The first-order chi connectivity index (χ1) is 10.1. The van der Waals surface area contributed by atoms with Crippen LogP contribution in [0.4, 0.5) is 10.5 Å². The third kappa shape index (κ3) is 4.21. The van der Waals surface area contributed by atoms with Crippen LogP contribution in [0.3, 0.4) is 0 Å². The fourth-order valence-corrected chi connectivity index (χ4v) is 2.78. The van der Waals surface area contributed by atoms with E-state index < -0.39 is 5.97 Å². The monoisotopic (exact) mass is 290 g/mol. The largest absolute Gasteiger partial charge is 0.481 e. The zero-order chi connectivity index (χ0) is 15.2. The summed E-state index contributed by atoms with van der Waals surface area (Å²) in [5, 5.41) is 8.77. The molecule has 1 aliphatic rings. The first kappa shape index (κ1) is 15.4. The van der Waals surface area contributed by atoms with E-state index in [0.717, 1.165) is 25.1 Å². The van der Waals surface area contributed by atoms with Crippen molar-refractivity contribution in [1.82, 2.24) is 4.90 Å². The van der Waals surface area contributed by atoms with Gasteiger partial charge in [-0.2, -0.15) is 0 Å². The highest BCUT2D eigenvalue weighted by Gasteiger charge is 2.26. The number of likely N-dealkylation sites (tertiary alicyclic amines) is 1. The molecule has 2 amide bonds. The molecule has 1 heterocycles. The molecular weight excluding hydrogens is 268 g/mol. The van der Waals surface area contributed by atoms with E-state index in [-0.39, 0.29) is 12.5 Å². The van der Waals surface area contributed by atoms with Crippen LogP contribution in [0.25, 0.3) is 0 Å². The third-order valence-corrected chi connectivity index (χ3v) is 3.99. The van der Waals surface area contributed by atoms with E-state index >= 15 is 0 Å². The van der Waals surface area contributed by atoms with Gasteiger partial charge in [0.05, 0.1) is 0 Å². The highest BCUT2D eigenvalue weighted by molar-refractivity contribution is 5.91. The number of urea groups is 1. The Labute approximate surface area is 125 Å². The molecule has 1 aromatic carbocycles. The first-order valence-corrected chi connectivity index (χ1v) is 7.37. The summed E-state index contributed by atoms with van der Waals surface area (Å²) in [7, 11) is 1.78. The van der Waals surface area contributed by atoms with Gasteiger partial charge < -0.3 is 10.0 Å². The summed E-state index contributed by atoms with van der Waals surface area (Å²) in [6.45, 7) is 1.41. The molecule has 1 unspecified atom stereocenters. The Hall–Kier alpha value is -2.04. The number of rotatable bonds is 4. The van der Waals surface area contributed by atoms with E-state index in [0.29, 0.717) is 18.9 Å². The number of carbonyl (C=O) groups excluding carboxylic acids is 1. The van der Waals surface area contributed by atoms with E-state index in [1.54, 1.807) is 11.9 Å². The topological polar surface area (TPSA) is 60.9 Å². The Bertz CT molecular complexity index is 490. The number of hydrogen-bond donors (Lipinski definition) is 1. The molecule has 5 nitrogen and oxygen atoms in total. The van der Waals surface area contributed by atoms with Gasteiger partial charge in [0.2, 0.25) is 0 Å². The lowest BCUT2D eigenvalue weighted by atomic mass is 9.93. The van der Waals surface area contributed by atoms with Gasteiger partial charge in [0.1, 0.15) is 0 Å². The lowest BCUT2D eigenvalue weighted by Crippen LogP contribution is -2.46. The Morgan fingerprint density at radius 2 is 2.05 bits per heavy atom. The summed E-state index contributed by atoms with van der Waals surface area (Å²) in [6.07, 6.45) is 2.78. The van der Waals surface area contributed by atoms with Crippen molar-refractivity contribution in [2.75, 3.05) is 25.0 Å². The molecule has 5 heteroatoms. The highest BCUT2D eigenvalue weighted by atomic mass is 16.4. The van der Waals surface area contributed by atoms with Crippen LogP contribution in [0.15, 0.2) is 30.3 Å². The van der Waals surface area contributed by atoms with E-state index in [1.165, 1.54) is 0 Å². The number of piperidine rings is 1. The predicted octanol–water partition coefficient (Wildman–Crippen LogP) is 2.82. The normalized spacial score (nSPS) is 18.3. The van der Waals surface area contributed by atoms with Crippen molar-refractivity contribution in [2.24, 2.45) is 5.92 Å². The summed E-state index contributed by atoms with van der Waals surface area (Å²) in [6, 6.07) is 9.54. The standard InChI is InChI=1S/C16H22N2O3/c1-17(14-7-3-2-4-8-14)16(21)18-11-5-6-13(12-18)9-10-15(19)20/h2-4,7-8,13H,5-6,9-12H2,1H3,(H,19,20). The smallest absolute Gasteiger partial charge is 0.324 e. The number of amides is 2. The second kappa shape index (κ2) is 7.11. The molecule has 21 heavy (non-hydrogen) atoms. The van der Waals surface area contributed by atoms with Crippen molar-refractivity contribution in [3.05, 3.63) is 30.3 Å². The van der Waals surface area contributed by atoms with Crippen LogP contribution < -0.4 is 4.90 Å². The molecule has 0 aromatic heterocycles. The van der Waals surface area contributed by atoms with Gasteiger partial charge in [-0.1, -0.05) is 18.2 Å². The quantitative estimate of drug-likeness (QED) is 0.927. The SMILES string of the molecule is CN(C(=O)N1CCCC(CCC(=O)O)C1)c1ccccc1. The van der Waals surface area contributed by atoms with Gasteiger partial charge in [0.25, 0.3) is 0 Å². The summed E-state index contributed by atoms with van der Waals surface area (Å²) in [4.78, 5) is 26.7. The Balaban J connectivity index is 1.94. The van der Waals surface area contributed by atoms with Crippen LogP contribution in [-0.2, 0) is 4.79 Å². The number of nitrogens with zero attached hydrogens (tertiary/aromatic N) is 2. The van der Waals surface area contributed by atoms with Gasteiger partial charge >= 0.3 is 12.0 Å². The summed E-state index contributed by atoms with van der Waals surface area (Å²) in [5.74, 6) is -0.470. The number of carboxylic acid groups (broad SMARTS) is 1. The number of para-hydroxylation sites is 1. The van der Waals surface area contributed by atoms with Gasteiger partial charge in [0.15, 0.2) is 0 Å². The molecule has 0 bridgehead atoms. The molecule has 1 aliphatic heterocycles. The van der Waals surface area contributed by atoms with E-state index in [9.17, 15) is 9.59 Å². The number of hydrogen-bond acceptors (Lipinski definition) is 2. The molecule has 0 aliphatic carbocycles. The molecule has 1 N–H and O–H groups in total. The molecule has 1 atom stereocenters. The summed E-state index contributed by atoms with van der Waals surface area (Å²) in [5.41, 5.74) is 0.871. The molecule has 0 radical (unpaired) electrons. The number of carboxylic acids is 1. The van der Waals surface area contributed by atoms with Crippen molar-refractivity contribution >= 4 is 17.7 Å². The number of anilines is 1. The lowest BCUT2D eigenvalue weighted by molar-refractivity contribution is -0.137. The summed E-state index contributed by atoms with van der Waals surface area (Å²) >= 11 is 0. The van der Waals surface area contributed by atoms with Gasteiger partial charge in [-0.05, 0) is 37.3 Å².